The molecular weight excluding hydrogens is 212 g/mol. The number of rotatable bonds is 5. The molecule has 1 amide bonds. The molecule has 0 atom stereocenters. The summed E-state index contributed by atoms with van der Waals surface area (Å²) in [6.45, 7) is 7.54. The van der Waals surface area contributed by atoms with E-state index in [2.05, 4.69) is 26.1 Å². The van der Waals surface area contributed by atoms with Gasteiger partial charge in [0.05, 0.1) is 6.42 Å². The van der Waals surface area contributed by atoms with Crippen LogP contribution in [-0.4, -0.2) is 12.5 Å². The quantitative estimate of drug-likeness (QED) is 0.822. The van der Waals surface area contributed by atoms with Gasteiger partial charge in [-0.25, -0.2) is 0 Å². The van der Waals surface area contributed by atoms with Crippen molar-refractivity contribution in [1.29, 1.82) is 0 Å². The van der Waals surface area contributed by atoms with Crippen LogP contribution in [0.4, 0.5) is 5.69 Å². The smallest absolute Gasteiger partial charge is 0.221 e. The zero-order valence-electron chi connectivity index (χ0n) is 10.9. The first kappa shape index (κ1) is 13.6. The third-order valence-corrected chi connectivity index (χ3v) is 2.57. The number of benzene rings is 1. The lowest BCUT2D eigenvalue weighted by Gasteiger charge is -2.19. The molecule has 0 saturated carbocycles. The van der Waals surface area contributed by atoms with E-state index in [9.17, 15) is 4.79 Å². The molecule has 0 saturated heterocycles. The van der Waals surface area contributed by atoms with E-state index in [0.29, 0.717) is 11.8 Å². The lowest BCUT2D eigenvalue weighted by Crippen LogP contribution is -2.17. The third-order valence-electron chi connectivity index (χ3n) is 2.57. The van der Waals surface area contributed by atoms with Crippen LogP contribution in [0.5, 0.6) is 0 Å². The first-order valence-corrected chi connectivity index (χ1v) is 5.98. The molecule has 0 aromatic heterocycles. The summed E-state index contributed by atoms with van der Waals surface area (Å²) >= 11 is 0. The topological polar surface area (TPSA) is 55.1 Å². The van der Waals surface area contributed by atoms with E-state index in [1.807, 2.05) is 24.3 Å². The predicted octanol–water partition coefficient (Wildman–Crippen LogP) is 2.56. The highest BCUT2D eigenvalue weighted by Gasteiger charge is 2.10. The van der Waals surface area contributed by atoms with Gasteiger partial charge in [-0.2, -0.15) is 0 Å². The van der Waals surface area contributed by atoms with Crippen LogP contribution in [0.15, 0.2) is 24.3 Å². The number of hydrogen-bond donors (Lipinski definition) is 2. The Bertz CT molecular complexity index is 380. The number of hydrogen-bond acceptors (Lipinski definition) is 2. The van der Waals surface area contributed by atoms with Crippen molar-refractivity contribution in [3.8, 4) is 0 Å². The number of primary amides is 1. The maximum atomic E-state index is 10.9. The summed E-state index contributed by atoms with van der Waals surface area (Å²) in [7, 11) is 0. The van der Waals surface area contributed by atoms with Crippen molar-refractivity contribution in [2.24, 2.45) is 11.1 Å². The fourth-order valence-corrected chi connectivity index (χ4v) is 1.61. The first-order valence-electron chi connectivity index (χ1n) is 5.98. The van der Waals surface area contributed by atoms with Crippen molar-refractivity contribution < 1.29 is 4.79 Å². The number of nitrogens with two attached hydrogens (primary N) is 1. The molecule has 0 aliphatic heterocycles. The number of carbonyl (C=O) groups excluding carboxylic acids is 1. The van der Waals surface area contributed by atoms with Crippen molar-refractivity contribution >= 4 is 11.6 Å². The standard InChI is InChI=1S/C14H22N2O/c1-14(2,3)8-9-16-12-7-5-4-6-11(12)10-13(15)17/h4-7,16H,8-10H2,1-3H3,(H2,15,17). The van der Waals surface area contributed by atoms with E-state index in [1.165, 1.54) is 0 Å². The van der Waals surface area contributed by atoms with E-state index in [-0.39, 0.29) is 5.91 Å². The molecule has 94 valence electrons. The van der Waals surface area contributed by atoms with Crippen LogP contribution in [-0.2, 0) is 11.2 Å². The van der Waals surface area contributed by atoms with Crippen molar-refractivity contribution in [3.05, 3.63) is 29.8 Å². The molecule has 3 heteroatoms. The number of para-hydroxylation sites is 1. The maximum Gasteiger partial charge on any atom is 0.221 e. The highest BCUT2D eigenvalue weighted by atomic mass is 16.1. The van der Waals surface area contributed by atoms with Gasteiger partial charge in [-0.05, 0) is 23.5 Å². The molecule has 0 bridgehead atoms. The summed E-state index contributed by atoms with van der Waals surface area (Å²) in [5.41, 5.74) is 7.51. The second kappa shape index (κ2) is 5.71. The number of nitrogens with one attached hydrogen (secondary N) is 1. The summed E-state index contributed by atoms with van der Waals surface area (Å²) in [6, 6.07) is 7.81. The molecule has 0 unspecified atom stereocenters. The van der Waals surface area contributed by atoms with Gasteiger partial charge in [0, 0.05) is 12.2 Å². The van der Waals surface area contributed by atoms with E-state index in [4.69, 9.17) is 5.73 Å². The molecular formula is C14H22N2O. The Hall–Kier alpha value is -1.51. The van der Waals surface area contributed by atoms with Crippen LogP contribution < -0.4 is 11.1 Å². The van der Waals surface area contributed by atoms with Crippen LogP contribution in [0.1, 0.15) is 32.8 Å². The van der Waals surface area contributed by atoms with Gasteiger partial charge in [-0.15, -0.1) is 0 Å². The second-order valence-electron chi connectivity index (χ2n) is 5.54. The molecule has 0 heterocycles. The van der Waals surface area contributed by atoms with Gasteiger partial charge >= 0.3 is 0 Å². The maximum absolute atomic E-state index is 10.9. The largest absolute Gasteiger partial charge is 0.385 e. The Morgan fingerprint density at radius 2 is 1.94 bits per heavy atom. The van der Waals surface area contributed by atoms with Gasteiger partial charge in [-0.3, -0.25) is 4.79 Å². The molecule has 0 fully saturated rings. The molecule has 17 heavy (non-hydrogen) atoms. The van der Waals surface area contributed by atoms with Crippen LogP contribution in [0.3, 0.4) is 0 Å². The Balaban J connectivity index is 2.61. The van der Waals surface area contributed by atoms with Crippen molar-refractivity contribution in [1.82, 2.24) is 0 Å². The Labute approximate surface area is 103 Å². The molecule has 1 aromatic carbocycles. The van der Waals surface area contributed by atoms with Crippen LogP contribution in [0, 0.1) is 5.41 Å². The summed E-state index contributed by atoms with van der Waals surface area (Å²) in [4.78, 5) is 10.9. The summed E-state index contributed by atoms with van der Waals surface area (Å²) in [6.07, 6.45) is 1.37. The second-order valence-corrected chi connectivity index (χ2v) is 5.54. The average Bonchev–Trinajstić information content (AvgIpc) is 2.18. The molecule has 1 rings (SSSR count). The van der Waals surface area contributed by atoms with E-state index in [1.54, 1.807) is 0 Å². The summed E-state index contributed by atoms with van der Waals surface area (Å²) in [5, 5.41) is 3.37. The molecule has 0 aliphatic rings. The molecule has 0 spiro atoms. The lowest BCUT2D eigenvalue weighted by atomic mass is 9.92. The minimum absolute atomic E-state index is 0.290. The SMILES string of the molecule is CC(C)(C)CCNc1ccccc1CC(N)=O. The highest BCUT2D eigenvalue weighted by Crippen LogP contribution is 2.20. The minimum Gasteiger partial charge on any atom is -0.385 e. The number of amides is 1. The Morgan fingerprint density at radius 1 is 1.29 bits per heavy atom. The number of anilines is 1. The Kier molecular flexibility index (Phi) is 4.55. The van der Waals surface area contributed by atoms with Crippen molar-refractivity contribution in [3.63, 3.8) is 0 Å². The van der Waals surface area contributed by atoms with Gasteiger partial charge in [-0.1, -0.05) is 39.0 Å². The molecule has 3 N–H and O–H groups in total. The normalized spacial score (nSPS) is 11.2. The van der Waals surface area contributed by atoms with Gasteiger partial charge in [0.1, 0.15) is 0 Å². The van der Waals surface area contributed by atoms with Gasteiger partial charge in [0.25, 0.3) is 0 Å². The molecule has 3 nitrogen and oxygen atoms in total. The third kappa shape index (κ3) is 5.38. The fourth-order valence-electron chi connectivity index (χ4n) is 1.61. The van der Waals surface area contributed by atoms with Crippen molar-refractivity contribution in [2.45, 2.75) is 33.6 Å². The average molecular weight is 234 g/mol. The first-order chi connectivity index (χ1) is 7.88. The van der Waals surface area contributed by atoms with E-state index < -0.39 is 0 Å². The molecule has 0 aliphatic carbocycles. The van der Waals surface area contributed by atoms with Crippen molar-refractivity contribution in [2.75, 3.05) is 11.9 Å². The monoisotopic (exact) mass is 234 g/mol. The summed E-state index contributed by atoms with van der Waals surface area (Å²) < 4.78 is 0. The lowest BCUT2D eigenvalue weighted by molar-refractivity contribution is -0.117. The molecule has 1 aromatic rings. The zero-order chi connectivity index (χ0) is 12.9. The number of carbonyl (C=O) groups is 1. The van der Waals surface area contributed by atoms with Gasteiger partial charge in [0.15, 0.2) is 0 Å². The summed E-state index contributed by atoms with van der Waals surface area (Å²) in [5.74, 6) is -0.296. The fraction of sp³-hybridized carbons (Fsp3) is 0.500. The van der Waals surface area contributed by atoms with E-state index in [0.717, 1.165) is 24.2 Å². The van der Waals surface area contributed by atoms with Crippen LogP contribution in [0.25, 0.3) is 0 Å². The van der Waals surface area contributed by atoms with Gasteiger partial charge in [0.2, 0.25) is 5.91 Å². The van der Waals surface area contributed by atoms with Gasteiger partial charge < -0.3 is 11.1 Å². The van der Waals surface area contributed by atoms with E-state index >= 15 is 0 Å². The zero-order valence-corrected chi connectivity index (χ0v) is 10.9. The van der Waals surface area contributed by atoms with Crippen LogP contribution >= 0.6 is 0 Å². The van der Waals surface area contributed by atoms with Crippen LogP contribution in [0.2, 0.25) is 0 Å². The highest BCUT2D eigenvalue weighted by molar-refractivity contribution is 5.78. The molecule has 0 radical (unpaired) electrons. The Morgan fingerprint density at radius 3 is 2.53 bits per heavy atom. The predicted molar refractivity (Wildman–Crippen MR) is 71.9 cm³/mol. The minimum atomic E-state index is -0.296.